The number of carbonyl (C=O) groups is 1. The summed E-state index contributed by atoms with van der Waals surface area (Å²) in [5.41, 5.74) is 0.240. The van der Waals surface area contributed by atoms with Crippen LogP contribution in [0.15, 0.2) is 18.2 Å². The molecule has 1 aliphatic heterocycles. The average Bonchev–Trinajstić information content (AvgIpc) is 2.60. The number of ether oxygens (including phenoxy) is 3. The third kappa shape index (κ3) is 4.62. The average molecular weight is 372 g/mol. The molecule has 25 heavy (non-hydrogen) atoms. The summed E-state index contributed by atoms with van der Waals surface area (Å²) in [5.74, 6) is 0.100. The van der Waals surface area contributed by atoms with Crippen LogP contribution in [0.2, 0.25) is 0 Å². The van der Waals surface area contributed by atoms with Crippen LogP contribution in [-0.2, 0) is 14.8 Å². The third-order valence-electron chi connectivity index (χ3n) is 3.96. The van der Waals surface area contributed by atoms with E-state index in [0.717, 1.165) is 0 Å². The van der Waals surface area contributed by atoms with E-state index >= 15 is 0 Å². The van der Waals surface area contributed by atoms with E-state index in [9.17, 15) is 13.2 Å². The lowest BCUT2D eigenvalue weighted by molar-refractivity contribution is 0.0393. The van der Waals surface area contributed by atoms with E-state index in [0.29, 0.717) is 31.3 Å². The molecule has 2 rings (SSSR count). The van der Waals surface area contributed by atoms with Crippen LogP contribution in [0.3, 0.4) is 0 Å². The Morgan fingerprint density at radius 1 is 1.32 bits per heavy atom. The van der Waals surface area contributed by atoms with Crippen LogP contribution in [-0.4, -0.2) is 70.9 Å². The Hall–Kier alpha value is -1.84. The van der Waals surface area contributed by atoms with E-state index in [-0.39, 0.29) is 23.9 Å². The topological polar surface area (TPSA) is 94.2 Å². The van der Waals surface area contributed by atoms with Gasteiger partial charge in [-0.25, -0.2) is 8.42 Å². The van der Waals surface area contributed by atoms with Gasteiger partial charge < -0.3 is 19.5 Å². The van der Waals surface area contributed by atoms with Crippen LogP contribution in [0, 0.1) is 0 Å². The van der Waals surface area contributed by atoms with Gasteiger partial charge in [0.1, 0.15) is 17.1 Å². The minimum absolute atomic E-state index is 0.00749. The molecular weight excluding hydrogens is 348 g/mol. The molecule has 1 aliphatic rings. The highest BCUT2D eigenvalue weighted by molar-refractivity contribution is 7.89. The molecule has 140 valence electrons. The minimum Gasteiger partial charge on any atom is -0.496 e. The molecule has 0 spiro atoms. The van der Waals surface area contributed by atoms with Gasteiger partial charge in [-0.15, -0.1) is 0 Å². The van der Waals surface area contributed by atoms with Crippen LogP contribution in [0.1, 0.15) is 17.3 Å². The Balaban J connectivity index is 2.01. The summed E-state index contributed by atoms with van der Waals surface area (Å²) >= 11 is 0. The van der Waals surface area contributed by atoms with Gasteiger partial charge in [-0.2, -0.15) is 4.31 Å². The molecule has 1 N–H and O–H groups in total. The first-order valence-electron chi connectivity index (χ1n) is 7.97. The number of carbonyl (C=O) groups excluding carboxylic acids is 1. The molecule has 1 unspecified atom stereocenters. The van der Waals surface area contributed by atoms with Crippen molar-refractivity contribution in [2.24, 2.45) is 0 Å². The molecule has 0 bridgehead atoms. The molecule has 1 amide bonds. The maximum absolute atomic E-state index is 12.4. The summed E-state index contributed by atoms with van der Waals surface area (Å²) < 4.78 is 41.9. The summed E-state index contributed by atoms with van der Waals surface area (Å²) in [4.78, 5) is 12.4. The van der Waals surface area contributed by atoms with Gasteiger partial charge in [0.2, 0.25) is 10.0 Å². The normalized spacial score (nSPS) is 18.6. The van der Waals surface area contributed by atoms with E-state index < -0.39 is 15.9 Å². The van der Waals surface area contributed by atoms with Crippen LogP contribution in [0.5, 0.6) is 11.5 Å². The van der Waals surface area contributed by atoms with Crippen molar-refractivity contribution in [1.82, 2.24) is 9.62 Å². The Morgan fingerprint density at radius 2 is 1.96 bits per heavy atom. The molecule has 8 nitrogen and oxygen atoms in total. The van der Waals surface area contributed by atoms with Crippen molar-refractivity contribution in [2.75, 3.05) is 46.3 Å². The van der Waals surface area contributed by atoms with Crippen molar-refractivity contribution in [3.8, 4) is 11.5 Å². The van der Waals surface area contributed by atoms with Crippen molar-refractivity contribution in [3.63, 3.8) is 0 Å². The lowest BCUT2D eigenvalue weighted by atomic mass is 10.1. The van der Waals surface area contributed by atoms with Gasteiger partial charge >= 0.3 is 0 Å². The summed E-state index contributed by atoms with van der Waals surface area (Å²) in [7, 11) is -0.557. The second-order valence-electron chi connectivity index (χ2n) is 5.64. The van der Waals surface area contributed by atoms with Gasteiger partial charge in [0, 0.05) is 19.1 Å². The maximum atomic E-state index is 12.4. The first-order valence-corrected chi connectivity index (χ1v) is 9.58. The number of morpholine rings is 1. The van der Waals surface area contributed by atoms with E-state index in [4.69, 9.17) is 14.2 Å². The molecule has 1 aromatic rings. The summed E-state index contributed by atoms with van der Waals surface area (Å²) in [5, 5.41) is 2.62. The van der Waals surface area contributed by atoms with Gasteiger partial charge in [-0.3, -0.25) is 4.79 Å². The molecule has 1 heterocycles. The predicted octanol–water partition coefficient (Wildman–Crippen LogP) is 0.484. The molecule has 1 fully saturated rings. The Bertz CT molecular complexity index is 684. The zero-order chi connectivity index (χ0) is 18.4. The first-order chi connectivity index (χ1) is 11.9. The lowest BCUT2D eigenvalue weighted by Gasteiger charge is -2.32. The second-order valence-corrected chi connectivity index (χ2v) is 7.69. The highest BCUT2D eigenvalue weighted by Crippen LogP contribution is 2.27. The molecule has 1 atom stereocenters. The van der Waals surface area contributed by atoms with Crippen molar-refractivity contribution in [1.29, 1.82) is 0 Å². The SMILES string of the molecule is COc1cccc(OC)c1C(=O)NCCS(=O)(=O)N1CCOCC1C. The Labute approximate surface area is 148 Å². The maximum Gasteiger partial charge on any atom is 0.258 e. The number of amides is 1. The monoisotopic (exact) mass is 372 g/mol. The van der Waals surface area contributed by atoms with Crippen molar-refractivity contribution in [2.45, 2.75) is 13.0 Å². The predicted molar refractivity (Wildman–Crippen MR) is 92.7 cm³/mol. The van der Waals surface area contributed by atoms with Crippen LogP contribution in [0.4, 0.5) is 0 Å². The second kappa shape index (κ2) is 8.50. The zero-order valence-electron chi connectivity index (χ0n) is 14.6. The van der Waals surface area contributed by atoms with Gasteiger partial charge in [-0.05, 0) is 19.1 Å². The van der Waals surface area contributed by atoms with Crippen LogP contribution in [0.25, 0.3) is 0 Å². The highest BCUT2D eigenvalue weighted by atomic mass is 32.2. The highest BCUT2D eigenvalue weighted by Gasteiger charge is 2.30. The summed E-state index contributed by atoms with van der Waals surface area (Å²) in [6.07, 6.45) is 0. The third-order valence-corrected chi connectivity index (χ3v) is 5.94. The van der Waals surface area contributed by atoms with Gasteiger partial charge in [0.15, 0.2) is 0 Å². The Morgan fingerprint density at radius 3 is 2.52 bits per heavy atom. The number of hydrogen-bond donors (Lipinski definition) is 1. The number of nitrogens with zero attached hydrogens (tertiary/aromatic N) is 1. The van der Waals surface area contributed by atoms with Crippen LogP contribution < -0.4 is 14.8 Å². The van der Waals surface area contributed by atoms with E-state index in [1.54, 1.807) is 25.1 Å². The van der Waals surface area contributed by atoms with Crippen LogP contribution >= 0.6 is 0 Å². The van der Waals surface area contributed by atoms with E-state index in [2.05, 4.69) is 5.32 Å². The largest absolute Gasteiger partial charge is 0.496 e. The smallest absolute Gasteiger partial charge is 0.258 e. The number of hydrogen-bond acceptors (Lipinski definition) is 6. The molecule has 1 aromatic carbocycles. The molecule has 0 saturated carbocycles. The number of rotatable bonds is 7. The van der Waals surface area contributed by atoms with E-state index in [1.807, 2.05) is 0 Å². The molecular formula is C16H24N2O6S. The zero-order valence-corrected chi connectivity index (χ0v) is 15.5. The quantitative estimate of drug-likeness (QED) is 0.748. The number of nitrogens with one attached hydrogen (secondary N) is 1. The van der Waals surface area contributed by atoms with Gasteiger partial charge in [0.25, 0.3) is 5.91 Å². The number of benzene rings is 1. The number of sulfonamides is 1. The molecule has 0 aromatic heterocycles. The van der Waals surface area contributed by atoms with Gasteiger partial charge in [0.05, 0.1) is 33.2 Å². The Kier molecular flexibility index (Phi) is 6.63. The lowest BCUT2D eigenvalue weighted by Crippen LogP contribution is -2.49. The van der Waals surface area contributed by atoms with Crippen molar-refractivity contribution >= 4 is 15.9 Å². The molecule has 1 saturated heterocycles. The first kappa shape index (κ1) is 19.5. The molecule has 0 aliphatic carbocycles. The molecule has 9 heteroatoms. The summed E-state index contributed by atoms with van der Waals surface area (Å²) in [6.45, 7) is 2.89. The molecule has 0 radical (unpaired) electrons. The fourth-order valence-electron chi connectivity index (χ4n) is 2.70. The fourth-order valence-corrected chi connectivity index (χ4v) is 4.26. The van der Waals surface area contributed by atoms with Gasteiger partial charge in [-0.1, -0.05) is 6.07 Å². The summed E-state index contributed by atoms with van der Waals surface area (Å²) in [6, 6.07) is 4.79. The van der Waals surface area contributed by atoms with Crippen molar-refractivity contribution in [3.05, 3.63) is 23.8 Å². The fraction of sp³-hybridized carbons (Fsp3) is 0.562. The minimum atomic E-state index is -3.47. The number of methoxy groups -OCH3 is 2. The standard InChI is InChI=1S/C16H24N2O6S/c1-12-11-24-9-8-18(12)25(20,21)10-7-17-16(19)15-13(22-2)5-4-6-14(15)23-3/h4-6,12H,7-11H2,1-3H3,(H,17,19). The van der Waals surface area contributed by atoms with Crippen molar-refractivity contribution < 1.29 is 27.4 Å². The van der Waals surface area contributed by atoms with E-state index in [1.165, 1.54) is 18.5 Å².